The minimum absolute atomic E-state index is 0.00833. The van der Waals surface area contributed by atoms with Crippen molar-refractivity contribution < 1.29 is 9.90 Å². The summed E-state index contributed by atoms with van der Waals surface area (Å²) in [5.74, 6) is -0.977. The van der Waals surface area contributed by atoms with Gasteiger partial charge in [0.05, 0.1) is 16.8 Å². The van der Waals surface area contributed by atoms with Crippen LogP contribution in [0.4, 0.5) is 5.69 Å². The van der Waals surface area contributed by atoms with Gasteiger partial charge in [0.15, 0.2) is 5.88 Å². The second-order valence-electron chi connectivity index (χ2n) is 3.73. The third-order valence-corrected chi connectivity index (χ3v) is 2.39. The summed E-state index contributed by atoms with van der Waals surface area (Å²) in [6, 6.07) is 10.6. The summed E-state index contributed by atoms with van der Waals surface area (Å²) in [5.41, 5.74) is 0.0763. The Morgan fingerprint density at radius 2 is 2.05 bits per heavy atom. The first kappa shape index (κ1) is 12.4. The molecule has 0 spiro atoms. The van der Waals surface area contributed by atoms with Crippen molar-refractivity contribution in [1.29, 1.82) is 5.26 Å². The maximum atomic E-state index is 11.9. The van der Waals surface area contributed by atoms with Gasteiger partial charge in [-0.3, -0.25) is 14.6 Å². The Bertz CT molecular complexity index is 728. The lowest BCUT2D eigenvalue weighted by Gasteiger charge is -2.06. The molecule has 0 radical (unpaired) electrons. The maximum absolute atomic E-state index is 11.9. The van der Waals surface area contributed by atoms with Gasteiger partial charge in [0.2, 0.25) is 0 Å². The summed E-state index contributed by atoms with van der Waals surface area (Å²) in [4.78, 5) is 25.2. The van der Waals surface area contributed by atoms with Crippen molar-refractivity contribution in [3.05, 3.63) is 57.9 Å². The number of aromatic amines is 1. The molecule has 0 aliphatic rings. The second kappa shape index (κ2) is 5.06. The number of rotatable bonds is 2. The van der Waals surface area contributed by atoms with Crippen molar-refractivity contribution in [2.75, 3.05) is 5.32 Å². The number of para-hydroxylation sites is 1. The number of nitriles is 1. The number of nitrogens with one attached hydrogen (secondary N) is 2. The molecule has 0 unspecified atom stereocenters. The molecule has 0 bridgehead atoms. The minimum atomic E-state index is -0.585. The van der Waals surface area contributed by atoms with Gasteiger partial charge in [-0.15, -0.1) is 0 Å². The number of H-pyrrole nitrogens is 1. The standard InChI is InChI=1S/C13H9N3O3/c14-7-8-3-1-2-4-10(8)15-13(19)9-5-11(17)16-12(18)6-9/h1-6H,(H,15,19)(H2,16,17,18). The molecule has 19 heavy (non-hydrogen) atoms. The summed E-state index contributed by atoms with van der Waals surface area (Å²) in [7, 11) is 0. The first-order chi connectivity index (χ1) is 9.10. The number of aromatic nitrogens is 1. The third kappa shape index (κ3) is 2.79. The molecule has 2 aromatic rings. The van der Waals surface area contributed by atoms with Gasteiger partial charge in [0.25, 0.3) is 11.5 Å². The Morgan fingerprint density at radius 1 is 1.32 bits per heavy atom. The first-order valence-corrected chi connectivity index (χ1v) is 5.34. The summed E-state index contributed by atoms with van der Waals surface area (Å²) < 4.78 is 0. The van der Waals surface area contributed by atoms with Crippen LogP contribution in [0.5, 0.6) is 5.88 Å². The van der Waals surface area contributed by atoms with E-state index in [1.54, 1.807) is 24.3 Å². The van der Waals surface area contributed by atoms with Gasteiger partial charge >= 0.3 is 0 Å². The van der Waals surface area contributed by atoms with E-state index in [9.17, 15) is 14.7 Å². The molecule has 0 fully saturated rings. The van der Waals surface area contributed by atoms with Crippen LogP contribution in [0.3, 0.4) is 0 Å². The molecule has 0 atom stereocenters. The van der Waals surface area contributed by atoms with Gasteiger partial charge < -0.3 is 10.4 Å². The number of hydrogen-bond acceptors (Lipinski definition) is 4. The monoisotopic (exact) mass is 255 g/mol. The van der Waals surface area contributed by atoms with E-state index in [-0.39, 0.29) is 5.56 Å². The van der Waals surface area contributed by atoms with Crippen LogP contribution in [0.15, 0.2) is 41.2 Å². The molecule has 1 heterocycles. The fourth-order valence-corrected chi connectivity index (χ4v) is 1.54. The quantitative estimate of drug-likeness (QED) is 0.749. The Balaban J connectivity index is 2.31. The molecular formula is C13H9N3O3. The highest BCUT2D eigenvalue weighted by Crippen LogP contribution is 2.15. The molecule has 0 saturated heterocycles. The van der Waals surface area contributed by atoms with E-state index in [2.05, 4.69) is 10.3 Å². The van der Waals surface area contributed by atoms with E-state index in [0.717, 1.165) is 12.1 Å². The van der Waals surface area contributed by atoms with Crippen molar-refractivity contribution in [2.24, 2.45) is 0 Å². The normalized spacial score (nSPS) is 9.63. The molecule has 1 aromatic carbocycles. The van der Waals surface area contributed by atoms with Crippen LogP contribution in [0, 0.1) is 11.3 Å². The summed E-state index contributed by atoms with van der Waals surface area (Å²) in [5, 5.41) is 20.6. The molecular weight excluding hydrogens is 246 g/mol. The number of nitrogens with zero attached hydrogens (tertiary/aromatic N) is 1. The van der Waals surface area contributed by atoms with Crippen molar-refractivity contribution in [2.45, 2.75) is 0 Å². The SMILES string of the molecule is N#Cc1ccccc1NC(=O)c1cc(O)[nH]c(=O)c1. The van der Waals surface area contributed by atoms with Gasteiger partial charge in [0, 0.05) is 12.1 Å². The van der Waals surface area contributed by atoms with Crippen molar-refractivity contribution in [1.82, 2.24) is 4.98 Å². The number of aromatic hydroxyl groups is 1. The number of amides is 1. The number of pyridine rings is 1. The largest absolute Gasteiger partial charge is 0.494 e. The zero-order chi connectivity index (χ0) is 13.8. The van der Waals surface area contributed by atoms with Crippen LogP contribution in [0.25, 0.3) is 0 Å². The predicted molar refractivity (Wildman–Crippen MR) is 67.8 cm³/mol. The van der Waals surface area contributed by atoms with Crippen LogP contribution in [0.2, 0.25) is 0 Å². The fourth-order valence-electron chi connectivity index (χ4n) is 1.54. The lowest BCUT2D eigenvalue weighted by Crippen LogP contribution is -2.16. The minimum Gasteiger partial charge on any atom is -0.494 e. The summed E-state index contributed by atoms with van der Waals surface area (Å²) in [6.45, 7) is 0. The van der Waals surface area contributed by atoms with Crippen LogP contribution < -0.4 is 10.9 Å². The summed E-state index contributed by atoms with van der Waals surface area (Å²) >= 11 is 0. The Hall–Kier alpha value is -3.07. The lowest BCUT2D eigenvalue weighted by atomic mass is 10.2. The molecule has 94 valence electrons. The van der Waals surface area contributed by atoms with Crippen LogP contribution in [0.1, 0.15) is 15.9 Å². The average Bonchev–Trinajstić information content (AvgIpc) is 2.38. The number of carbonyl (C=O) groups excluding carboxylic acids is 1. The highest BCUT2D eigenvalue weighted by Gasteiger charge is 2.10. The Morgan fingerprint density at radius 3 is 2.74 bits per heavy atom. The third-order valence-electron chi connectivity index (χ3n) is 2.39. The number of anilines is 1. The van der Waals surface area contributed by atoms with E-state index in [0.29, 0.717) is 11.3 Å². The Labute approximate surface area is 107 Å². The van der Waals surface area contributed by atoms with Gasteiger partial charge in [-0.1, -0.05) is 12.1 Å². The van der Waals surface area contributed by atoms with Crippen LogP contribution >= 0.6 is 0 Å². The molecule has 3 N–H and O–H groups in total. The topological polar surface area (TPSA) is 106 Å². The zero-order valence-corrected chi connectivity index (χ0v) is 9.68. The van der Waals surface area contributed by atoms with Crippen LogP contribution in [-0.4, -0.2) is 16.0 Å². The van der Waals surface area contributed by atoms with E-state index in [4.69, 9.17) is 5.26 Å². The number of carbonyl (C=O) groups is 1. The van der Waals surface area contributed by atoms with E-state index in [1.165, 1.54) is 0 Å². The highest BCUT2D eigenvalue weighted by atomic mass is 16.3. The number of hydrogen-bond donors (Lipinski definition) is 3. The zero-order valence-electron chi connectivity index (χ0n) is 9.68. The van der Waals surface area contributed by atoms with E-state index < -0.39 is 17.3 Å². The maximum Gasteiger partial charge on any atom is 0.256 e. The van der Waals surface area contributed by atoms with Gasteiger partial charge in [-0.05, 0) is 12.1 Å². The summed E-state index contributed by atoms with van der Waals surface area (Å²) in [6.07, 6.45) is 0. The number of benzene rings is 1. The molecule has 0 saturated carbocycles. The van der Waals surface area contributed by atoms with E-state index in [1.807, 2.05) is 6.07 Å². The molecule has 6 nitrogen and oxygen atoms in total. The van der Waals surface area contributed by atoms with Crippen LogP contribution in [-0.2, 0) is 0 Å². The van der Waals surface area contributed by atoms with Crippen molar-refractivity contribution in [3.63, 3.8) is 0 Å². The average molecular weight is 255 g/mol. The van der Waals surface area contributed by atoms with Gasteiger partial charge in [-0.2, -0.15) is 5.26 Å². The van der Waals surface area contributed by atoms with Crippen molar-refractivity contribution >= 4 is 11.6 Å². The molecule has 0 aliphatic heterocycles. The molecule has 2 rings (SSSR count). The smallest absolute Gasteiger partial charge is 0.256 e. The molecule has 0 aliphatic carbocycles. The molecule has 6 heteroatoms. The highest BCUT2D eigenvalue weighted by molar-refractivity contribution is 6.05. The first-order valence-electron chi connectivity index (χ1n) is 5.34. The molecule has 1 aromatic heterocycles. The van der Waals surface area contributed by atoms with E-state index >= 15 is 0 Å². The second-order valence-corrected chi connectivity index (χ2v) is 3.73. The Kier molecular flexibility index (Phi) is 3.30. The molecule has 1 amide bonds. The predicted octanol–water partition coefficient (Wildman–Crippen LogP) is 1.20. The lowest BCUT2D eigenvalue weighted by molar-refractivity contribution is 0.102. The van der Waals surface area contributed by atoms with Gasteiger partial charge in [-0.25, -0.2) is 0 Å². The fraction of sp³-hybridized carbons (Fsp3) is 0. The van der Waals surface area contributed by atoms with Crippen molar-refractivity contribution in [3.8, 4) is 11.9 Å². The van der Waals surface area contributed by atoms with Gasteiger partial charge in [0.1, 0.15) is 6.07 Å².